The number of hydrogen-bond donors (Lipinski definition) is 3. The van der Waals surface area contributed by atoms with E-state index in [-0.39, 0.29) is 0 Å². The van der Waals surface area contributed by atoms with Gasteiger partial charge >= 0.3 is 0 Å². The van der Waals surface area contributed by atoms with Crippen molar-refractivity contribution >= 4 is 0 Å². The molecule has 1 aliphatic heterocycles. The summed E-state index contributed by atoms with van der Waals surface area (Å²) < 4.78 is 0. The number of hydrogen-bond acceptors (Lipinski definition) is 3. The molecule has 1 heterocycles. The van der Waals surface area contributed by atoms with Crippen LogP contribution in [0.4, 0.5) is 0 Å². The van der Waals surface area contributed by atoms with Crippen LogP contribution in [0.15, 0.2) is 24.0 Å². The zero-order valence-electron chi connectivity index (χ0n) is 8.82. The molecule has 0 aromatic heterocycles. The monoisotopic (exact) mass is 206 g/mol. The minimum absolute atomic E-state index is 0.445. The number of hydrazine groups is 1. The van der Waals surface area contributed by atoms with Crippen molar-refractivity contribution in [3.05, 3.63) is 24.0 Å². The van der Waals surface area contributed by atoms with Gasteiger partial charge in [0.15, 0.2) is 0 Å². The van der Waals surface area contributed by atoms with Crippen molar-refractivity contribution in [1.29, 1.82) is 0 Å². The number of fused-ring (bicyclic) bond motifs is 3. The summed E-state index contributed by atoms with van der Waals surface area (Å²) in [5.41, 5.74) is 6.67. The Bertz CT molecular complexity index is 311. The van der Waals surface area contributed by atoms with Crippen LogP contribution >= 0.6 is 0 Å². The van der Waals surface area contributed by atoms with Gasteiger partial charge in [-0.3, -0.25) is 10.9 Å². The quantitative estimate of drug-likeness (QED) is 0.563. The van der Waals surface area contributed by atoms with Crippen molar-refractivity contribution < 1.29 is 5.11 Å². The van der Waals surface area contributed by atoms with E-state index in [2.05, 4.69) is 16.9 Å². The van der Waals surface area contributed by atoms with E-state index in [9.17, 15) is 5.11 Å². The Labute approximate surface area is 90.2 Å². The van der Waals surface area contributed by atoms with E-state index in [0.29, 0.717) is 23.6 Å². The molecule has 0 aromatic rings. The zero-order chi connectivity index (χ0) is 10.3. The maximum Gasteiger partial charge on any atom is 0.111 e. The minimum Gasteiger partial charge on any atom is -0.508 e. The van der Waals surface area contributed by atoms with Crippen LogP contribution in [0.5, 0.6) is 0 Å². The molecule has 4 unspecified atom stereocenters. The first-order valence-corrected chi connectivity index (χ1v) is 5.92. The van der Waals surface area contributed by atoms with Gasteiger partial charge in [0.25, 0.3) is 0 Å². The molecule has 0 radical (unpaired) electrons. The fourth-order valence-corrected chi connectivity index (χ4v) is 3.26. The molecule has 0 bridgehead atoms. The highest BCUT2D eigenvalue weighted by Crippen LogP contribution is 2.37. The second-order valence-electron chi connectivity index (χ2n) is 4.93. The molecule has 2 fully saturated rings. The van der Waals surface area contributed by atoms with Crippen molar-refractivity contribution in [3.8, 4) is 0 Å². The van der Waals surface area contributed by atoms with Gasteiger partial charge in [-0.25, -0.2) is 0 Å². The van der Waals surface area contributed by atoms with E-state index < -0.39 is 0 Å². The molecule has 3 nitrogen and oxygen atoms in total. The van der Waals surface area contributed by atoms with E-state index in [4.69, 9.17) is 0 Å². The maximum atomic E-state index is 9.52. The summed E-state index contributed by atoms with van der Waals surface area (Å²) in [6.07, 6.45) is 9.87. The molecule has 0 aromatic carbocycles. The molecule has 1 saturated carbocycles. The lowest BCUT2D eigenvalue weighted by Gasteiger charge is -2.29. The number of aliphatic hydroxyl groups excluding tert-OH is 1. The number of allylic oxidation sites excluding steroid dienone is 2. The Balaban J connectivity index is 1.87. The fraction of sp³-hybridized carbons (Fsp3) is 0.667. The third-order valence-electron chi connectivity index (χ3n) is 4.04. The molecular weight excluding hydrogens is 188 g/mol. The lowest BCUT2D eigenvalue weighted by molar-refractivity contribution is 0.313. The van der Waals surface area contributed by atoms with Crippen LogP contribution in [0.3, 0.4) is 0 Å². The predicted molar refractivity (Wildman–Crippen MR) is 59.1 cm³/mol. The molecule has 3 N–H and O–H groups in total. The zero-order valence-corrected chi connectivity index (χ0v) is 8.82. The Kier molecular flexibility index (Phi) is 2.29. The van der Waals surface area contributed by atoms with E-state index in [0.717, 1.165) is 12.5 Å². The third kappa shape index (κ3) is 1.60. The van der Waals surface area contributed by atoms with Gasteiger partial charge in [-0.05, 0) is 36.8 Å². The Morgan fingerprint density at radius 2 is 2.27 bits per heavy atom. The highest BCUT2D eigenvalue weighted by Gasteiger charge is 2.38. The first-order valence-electron chi connectivity index (χ1n) is 5.92. The van der Waals surface area contributed by atoms with Gasteiger partial charge in [-0.1, -0.05) is 12.5 Å². The number of aliphatic hydroxyl groups is 1. The molecular formula is C12H18N2O. The standard InChI is InChI=1S/C12H18N2O/c15-10-4-5-11-8(6-10)2-1-3-9-7-13-14-12(9)11/h4-6,8-9,11-15H,1-3,7H2. The van der Waals surface area contributed by atoms with Crippen LogP contribution < -0.4 is 10.9 Å². The Hall–Kier alpha value is -0.800. The van der Waals surface area contributed by atoms with E-state index in [1.165, 1.54) is 19.3 Å². The summed E-state index contributed by atoms with van der Waals surface area (Å²) in [4.78, 5) is 0. The van der Waals surface area contributed by atoms with Gasteiger partial charge in [-0.2, -0.15) is 0 Å². The summed E-state index contributed by atoms with van der Waals surface area (Å²) >= 11 is 0. The molecule has 3 rings (SSSR count). The van der Waals surface area contributed by atoms with Crippen LogP contribution in [0.2, 0.25) is 0 Å². The number of rotatable bonds is 0. The largest absolute Gasteiger partial charge is 0.508 e. The van der Waals surface area contributed by atoms with Crippen LogP contribution in [0.25, 0.3) is 0 Å². The highest BCUT2D eigenvalue weighted by molar-refractivity contribution is 5.22. The lowest BCUT2D eigenvalue weighted by Crippen LogP contribution is -2.39. The van der Waals surface area contributed by atoms with E-state index >= 15 is 0 Å². The van der Waals surface area contributed by atoms with Crippen molar-refractivity contribution in [2.75, 3.05) is 6.54 Å². The van der Waals surface area contributed by atoms with E-state index in [1.807, 2.05) is 12.2 Å². The second kappa shape index (κ2) is 3.65. The first kappa shape index (κ1) is 9.43. The van der Waals surface area contributed by atoms with E-state index in [1.54, 1.807) is 0 Å². The average Bonchev–Trinajstić information content (AvgIpc) is 2.61. The van der Waals surface area contributed by atoms with Gasteiger partial charge in [0, 0.05) is 18.5 Å². The van der Waals surface area contributed by atoms with Gasteiger partial charge in [-0.15, -0.1) is 0 Å². The second-order valence-corrected chi connectivity index (χ2v) is 4.93. The molecule has 3 heteroatoms. The predicted octanol–water partition coefficient (Wildman–Crippen LogP) is 1.51. The van der Waals surface area contributed by atoms with Crippen molar-refractivity contribution in [1.82, 2.24) is 10.9 Å². The Morgan fingerprint density at radius 1 is 1.33 bits per heavy atom. The average molecular weight is 206 g/mol. The summed E-state index contributed by atoms with van der Waals surface area (Å²) in [7, 11) is 0. The molecule has 82 valence electrons. The first-order chi connectivity index (χ1) is 7.34. The fourth-order valence-electron chi connectivity index (χ4n) is 3.26. The minimum atomic E-state index is 0.445. The van der Waals surface area contributed by atoms with Crippen molar-refractivity contribution in [3.63, 3.8) is 0 Å². The molecule has 0 amide bonds. The molecule has 2 aliphatic carbocycles. The molecule has 1 saturated heterocycles. The molecule has 15 heavy (non-hydrogen) atoms. The van der Waals surface area contributed by atoms with Gasteiger partial charge in [0.05, 0.1) is 0 Å². The maximum absolute atomic E-state index is 9.52. The van der Waals surface area contributed by atoms with Crippen LogP contribution in [0, 0.1) is 17.8 Å². The van der Waals surface area contributed by atoms with Crippen LogP contribution in [0.1, 0.15) is 19.3 Å². The van der Waals surface area contributed by atoms with Crippen LogP contribution in [-0.2, 0) is 0 Å². The highest BCUT2D eigenvalue weighted by atomic mass is 16.3. The molecule has 0 spiro atoms. The molecule has 3 aliphatic rings. The SMILES string of the molecule is OC1=CC2CCCC3CNNC3C2C=C1. The van der Waals surface area contributed by atoms with Gasteiger partial charge in [0.1, 0.15) is 5.76 Å². The smallest absolute Gasteiger partial charge is 0.111 e. The van der Waals surface area contributed by atoms with Crippen LogP contribution in [-0.4, -0.2) is 17.7 Å². The van der Waals surface area contributed by atoms with Crippen molar-refractivity contribution in [2.45, 2.75) is 25.3 Å². The summed E-state index contributed by atoms with van der Waals surface area (Å²) in [6.45, 7) is 1.09. The number of nitrogens with one attached hydrogen (secondary N) is 2. The third-order valence-corrected chi connectivity index (χ3v) is 4.04. The summed E-state index contributed by atoms with van der Waals surface area (Å²) in [5.74, 6) is 2.29. The topological polar surface area (TPSA) is 44.3 Å². The summed E-state index contributed by atoms with van der Waals surface area (Å²) in [6, 6.07) is 0.554. The van der Waals surface area contributed by atoms with Gasteiger partial charge < -0.3 is 5.11 Å². The molecule has 4 atom stereocenters. The van der Waals surface area contributed by atoms with Gasteiger partial charge in [0.2, 0.25) is 0 Å². The Morgan fingerprint density at radius 3 is 3.20 bits per heavy atom. The van der Waals surface area contributed by atoms with Crippen molar-refractivity contribution in [2.24, 2.45) is 17.8 Å². The normalized spacial score (nSPS) is 44.1. The lowest BCUT2D eigenvalue weighted by atomic mass is 9.79. The summed E-state index contributed by atoms with van der Waals surface area (Å²) in [5, 5.41) is 9.52.